The van der Waals surface area contributed by atoms with Crippen LogP contribution in [0.3, 0.4) is 0 Å². The van der Waals surface area contributed by atoms with Crippen LogP contribution in [0.1, 0.15) is 25.3 Å². The zero-order valence-corrected chi connectivity index (χ0v) is 18.3. The molecule has 0 aliphatic heterocycles. The summed E-state index contributed by atoms with van der Waals surface area (Å²) < 4.78 is 36.3. The molecule has 0 aliphatic rings. The predicted octanol–water partition coefficient (Wildman–Crippen LogP) is 5.01. The minimum absolute atomic E-state index is 0.00575. The second-order valence-electron chi connectivity index (χ2n) is 7.06. The van der Waals surface area contributed by atoms with Crippen LogP contribution in [0.25, 0.3) is 11.1 Å². The van der Waals surface area contributed by atoms with Crippen LogP contribution < -0.4 is 0 Å². The molecule has 3 aromatic carbocycles. The molecule has 3 rings (SSSR count). The Kier molecular flexibility index (Phi) is 7.98. The van der Waals surface area contributed by atoms with E-state index in [9.17, 15) is 13.2 Å². The molecule has 0 aromatic heterocycles. The highest BCUT2D eigenvalue weighted by atomic mass is 32.2. The Morgan fingerprint density at radius 3 is 2.19 bits per heavy atom. The molecule has 0 saturated carbocycles. The van der Waals surface area contributed by atoms with E-state index in [1.54, 1.807) is 19.1 Å². The molecule has 0 bridgehead atoms. The van der Waals surface area contributed by atoms with Gasteiger partial charge in [-0.15, -0.1) is 0 Å². The van der Waals surface area contributed by atoms with E-state index < -0.39 is 22.2 Å². The summed E-state index contributed by atoms with van der Waals surface area (Å²) in [7, 11) is -4.15. The summed E-state index contributed by atoms with van der Waals surface area (Å²) in [6.45, 7) is 1.83. The quantitative estimate of drug-likeness (QED) is 0.329. The van der Waals surface area contributed by atoms with Gasteiger partial charge in [0.2, 0.25) is 0 Å². The average molecular weight is 439 g/mol. The summed E-state index contributed by atoms with van der Waals surface area (Å²) in [5.41, 5.74) is 2.76. The van der Waals surface area contributed by atoms with Crippen molar-refractivity contribution in [3.8, 4) is 11.1 Å². The summed E-state index contributed by atoms with van der Waals surface area (Å²) in [5, 5.41) is 0. The average Bonchev–Trinajstić information content (AvgIpc) is 2.80. The minimum atomic E-state index is -4.15. The van der Waals surface area contributed by atoms with Gasteiger partial charge in [-0.05, 0) is 55.0 Å². The number of aryl methyl sites for hydroxylation is 1. The number of benzene rings is 3. The van der Waals surface area contributed by atoms with Crippen LogP contribution in [-0.4, -0.2) is 27.1 Å². The normalized spacial score (nSPS) is 12.3. The summed E-state index contributed by atoms with van der Waals surface area (Å²) in [5.74, 6) is -0.668. The largest absolute Gasteiger partial charge is 0.464 e. The number of ether oxygens (including phenoxy) is 1. The van der Waals surface area contributed by atoms with Crippen molar-refractivity contribution in [3.63, 3.8) is 0 Å². The smallest absolute Gasteiger partial charge is 0.336 e. The molecule has 0 fully saturated rings. The van der Waals surface area contributed by atoms with E-state index >= 15 is 0 Å². The van der Waals surface area contributed by atoms with Crippen molar-refractivity contribution in [2.24, 2.45) is 0 Å². The molecule has 0 spiro atoms. The molecule has 31 heavy (non-hydrogen) atoms. The first-order valence-corrected chi connectivity index (χ1v) is 11.7. The highest BCUT2D eigenvalue weighted by Gasteiger charge is 2.28. The topological polar surface area (TPSA) is 69.7 Å². The van der Waals surface area contributed by atoms with E-state index in [0.717, 1.165) is 16.7 Å². The van der Waals surface area contributed by atoms with Gasteiger partial charge in [0, 0.05) is 0 Å². The van der Waals surface area contributed by atoms with Gasteiger partial charge in [-0.3, -0.25) is 4.18 Å². The molecule has 162 valence electrons. The highest BCUT2D eigenvalue weighted by Crippen LogP contribution is 2.25. The van der Waals surface area contributed by atoms with E-state index in [1.165, 1.54) is 6.07 Å². The monoisotopic (exact) mass is 438 g/mol. The minimum Gasteiger partial charge on any atom is -0.464 e. The number of esters is 1. The number of carbonyl (C=O) groups is 1. The van der Waals surface area contributed by atoms with Crippen molar-refractivity contribution in [3.05, 3.63) is 90.5 Å². The van der Waals surface area contributed by atoms with Gasteiger partial charge in [-0.25, -0.2) is 4.79 Å². The van der Waals surface area contributed by atoms with Crippen LogP contribution in [0.5, 0.6) is 0 Å². The molecule has 0 unspecified atom stereocenters. The molecule has 1 atom stereocenters. The Bertz CT molecular complexity index is 1080. The highest BCUT2D eigenvalue weighted by molar-refractivity contribution is 7.86. The maximum atomic E-state index is 12.9. The Morgan fingerprint density at radius 1 is 0.871 bits per heavy atom. The lowest BCUT2D eigenvalue weighted by atomic mass is 10.1. The molecule has 6 heteroatoms. The van der Waals surface area contributed by atoms with Crippen LogP contribution in [-0.2, 0) is 30.3 Å². The van der Waals surface area contributed by atoms with E-state index in [1.807, 2.05) is 66.7 Å². The van der Waals surface area contributed by atoms with E-state index in [4.69, 9.17) is 8.92 Å². The van der Waals surface area contributed by atoms with E-state index in [0.29, 0.717) is 12.8 Å². The van der Waals surface area contributed by atoms with Crippen molar-refractivity contribution >= 4 is 16.1 Å². The SMILES string of the molecule is CCOC(=O)[C@@H](CCCc1ccccc1)OS(=O)(=O)c1cccc(-c2ccccc2)c1. The van der Waals surface area contributed by atoms with Crippen molar-refractivity contribution in [1.29, 1.82) is 0 Å². The summed E-state index contributed by atoms with van der Waals surface area (Å²) in [4.78, 5) is 12.4. The summed E-state index contributed by atoms with van der Waals surface area (Å²) in [6, 6.07) is 25.8. The Labute approximate surface area is 183 Å². The molecule has 0 amide bonds. The lowest BCUT2D eigenvalue weighted by Crippen LogP contribution is -2.29. The van der Waals surface area contributed by atoms with Crippen molar-refractivity contribution in [1.82, 2.24) is 0 Å². The van der Waals surface area contributed by atoms with Gasteiger partial charge in [-0.1, -0.05) is 72.8 Å². The second kappa shape index (κ2) is 10.9. The first kappa shape index (κ1) is 22.7. The number of rotatable bonds is 10. The van der Waals surface area contributed by atoms with E-state index in [-0.39, 0.29) is 17.9 Å². The van der Waals surface area contributed by atoms with Crippen LogP contribution in [0.2, 0.25) is 0 Å². The standard InChI is InChI=1S/C25H26O5S/c1-2-29-25(26)24(18-9-13-20-11-5-3-6-12-20)30-31(27,28)23-17-10-16-22(19-23)21-14-7-4-8-15-21/h3-8,10-12,14-17,19,24H,2,9,13,18H2,1H3/t24-/m1/s1. The molecular weight excluding hydrogens is 412 g/mol. The van der Waals surface area contributed by atoms with Crippen LogP contribution in [0.4, 0.5) is 0 Å². The summed E-state index contributed by atoms with van der Waals surface area (Å²) in [6.07, 6.45) is 0.358. The molecular formula is C25H26O5S. The van der Waals surface area contributed by atoms with Crippen molar-refractivity contribution in [2.75, 3.05) is 6.61 Å². The predicted molar refractivity (Wildman–Crippen MR) is 120 cm³/mol. The van der Waals surface area contributed by atoms with Gasteiger partial charge in [0.1, 0.15) is 0 Å². The molecule has 0 saturated heterocycles. The first-order valence-electron chi connectivity index (χ1n) is 10.3. The zero-order valence-electron chi connectivity index (χ0n) is 17.4. The third-order valence-electron chi connectivity index (χ3n) is 4.80. The maximum absolute atomic E-state index is 12.9. The molecule has 0 radical (unpaired) electrons. The van der Waals surface area contributed by atoms with E-state index in [2.05, 4.69) is 0 Å². The number of carbonyl (C=O) groups excluding carboxylic acids is 1. The molecule has 0 N–H and O–H groups in total. The van der Waals surface area contributed by atoms with Crippen molar-refractivity contribution in [2.45, 2.75) is 37.2 Å². The van der Waals surface area contributed by atoms with Gasteiger partial charge in [0.25, 0.3) is 10.1 Å². The second-order valence-corrected chi connectivity index (χ2v) is 8.63. The molecule has 0 heterocycles. The summed E-state index contributed by atoms with van der Waals surface area (Å²) >= 11 is 0. The van der Waals surface area contributed by atoms with Gasteiger partial charge < -0.3 is 4.74 Å². The number of hydrogen-bond donors (Lipinski definition) is 0. The van der Waals surface area contributed by atoms with Gasteiger partial charge in [0.05, 0.1) is 11.5 Å². The van der Waals surface area contributed by atoms with Crippen LogP contribution >= 0.6 is 0 Å². The Hall–Kier alpha value is -2.96. The Balaban J connectivity index is 1.75. The fourth-order valence-electron chi connectivity index (χ4n) is 3.25. The lowest BCUT2D eigenvalue weighted by Gasteiger charge is -2.16. The van der Waals surface area contributed by atoms with Gasteiger partial charge in [-0.2, -0.15) is 8.42 Å². The molecule has 3 aromatic rings. The number of hydrogen-bond acceptors (Lipinski definition) is 5. The fourth-order valence-corrected chi connectivity index (χ4v) is 4.36. The lowest BCUT2D eigenvalue weighted by molar-refractivity contribution is -0.151. The zero-order chi connectivity index (χ0) is 22.1. The Morgan fingerprint density at radius 2 is 1.52 bits per heavy atom. The van der Waals surface area contributed by atoms with Gasteiger partial charge >= 0.3 is 5.97 Å². The maximum Gasteiger partial charge on any atom is 0.336 e. The third-order valence-corrected chi connectivity index (χ3v) is 6.11. The molecule has 5 nitrogen and oxygen atoms in total. The van der Waals surface area contributed by atoms with Gasteiger partial charge in [0.15, 0.2) is 6.10 Å². The third kappa shape index (κ3) is 6.51. The fraction of sp³-hybridized carbons (Fsp3) is 0.240. The van der Waals surface area contributed by atoms with Crippen LogP contribution in [0.15, 0.2) is 89.8 Å². The van der Waals surface area contributed by atoms with Crippen molar-refractivity contribution < 1.29 is 22.1 Å². The first-order chi connectivity index (χ1) is 15.0. The van der Waals surface area contributed by atoms with Crippen LogP contribution in [0, 0.1) is 0 Å². The molecule has 0 aliphatic carbocycles.